The average Bonchev–Trinajstić information content (AvgIpc) is 2.71. The SMILES string of the molecule is COc1cc(-c2cc(CO)c3c(OC)c(OC)c(OC)cc3n2)ccc1O. The molecule has 7 heteroatoms. The van der Waals surface area contributed by atoms with Gasteiger partial charge in [-0.3, -0.25) is 0 Å². The molecule has 0 aliphatic carbocycles. The molecule has 0 saturated heterocycles. The van der Waals surface area contributed by atoms with E-state index in [9.17, 15) is 10.2 Å². The summed E-state index contributed by atoms with van der Waals surface area (Å²) in [5.41, 5.74) is 2.55. The molecule has 0 atom stereocenters. The number of rotatable bonds is 6. The minimum absolute atomic E-state index is 0.0393. The van der Waals surface area contributed by atoms with Crippen molar-refractivity contribution >= 4 is 10.9 Å². The Morgan fingerprint density at radius 1 is 0.852 bits per heavy atom. The topological polar surface area (TPSA) is 90.3 Å². The van der Waals surface area contributed by atoms with Crippen molar-refractivity contribution in [3.63, 3.8) is 0 Å². The highest BCUT2D eigenvalue weighted by Crippen LogP contribution is 2.45. The largest absolute Gasteiger partial charge is 0.504 e. The lowest BCUT2D eigenvalue weighted by Gasteiger charge is -2.17. The molecule has 2 N–H and O–H groups in total. The zero-order valence-electron chi connectivity index (χ0n) is 15.6. The number of pyridine rings is 1. The van der Waals surface area contributed by atoms with E-state index in [0.29, 0.717) is 45.2 Å². The summed E-state index contributed by atoms with van der Waals surface area (Å²) in [4.78, 5) is 4.69. The van der Waals surface area contributed by atoms with Crippen LogP contribution in [0.4, 0.5) is 0 Å². The monoisotopic (exact) mass is 371 g/mol. The van der Waals surface area contributed by atoms with Crippen LogP contribution in [0, 0.1) is 0 Å². The molecule has 0 radical (unpaired) electrons. The fourth-order valence-electron chi connectivity index (χ4n) is 3.05. The third-order valence-corrected chi connectivity index (χ3v) is 4.33. The second-order valence-corrected chi connectivity index (χ2v) is 5.75. The molecule has 0 bridgehead atoms. The first-order valence-electron chi connectivity index (χ1n) is 8.18. The molecule has 7 nitrogen and oxygen atoms in total. The van der Waals surface area contributed by atoms with Crippen LogP contribution in [-0.2, 0) is 6.61 Å². The van der Waals surface area contributed by atoms with Gasteiger partial charge >= 0.3 is 0 Å². The number of benzene rings is 2. The number of fused-ring (bicyclic) bond motifs is 1. The third-order valence-electron chi connectivity index (χ3n) is 4.33. The number of aliphatic hydroxyl groups is 1. The van der Waals surface area contributed by atoms with Gasteiger partial charge in [-0.25, -0.2) is 4.98 Å². The summed E-state index contributed by atoms with van der Waals surface area (Å²) < 4.78 is 21.5. The summed E-state index contributed by atoms with van der Waals surface area (Å²) in [5.74, 6) is 1.72. The summed E-state index contributed by atoms with van der Waals surface area (Å²) in [6.45, 7) is -0.215. The van der Waals surface area contributed by atoms with Gasteiger partial charge in [0.05, 0.1) is 51.6 Å². The Bertz CT molecular complexity index is 986. The van der Waals surface area contributed by atoms with E-state index in [1.807, 2.05) is 0 Å². The Morgan fingerprint density at radius 3 is 2.15 bits per heavy atom. The number of ether oxygens (including phenoxy) is 4. The fraction of sp³-hybridized carbons (Fsp3) is 0.250. The maximum Gasteiger partial charge on any atom is 0.204 e. The normalized spacial score (nSPS) is 10.7. The summed E-state index contributed by atoms with van der Waals surface area (Å²) >= 11 is 0. The molecular formula is C20H21NO6. The van der Waals surface area contributed by atoms with Crippen LogP contribution in [0.25, 0.3) is 22.2 Å². The predicted octanol–water partition coefficient (Wildman–Crippen LogP) is 3.13. The first-order chi connectivity index (χ1) is 13.1. The lowest BCUT2D eigenvalue weighted by molar-refractivity contribution is 0.282. The Morgan fingerprint density at radius 2 is 1.56 bits per heavy atom. The van der Waals surface area contributed by atoms with Gasteiger partial charge in [0.15, 0.2) is 23.0 Å². The standard InChI is InChI=1S/C20H21NO6/c1-24-16-8-11(5-6-15(16)23)13-7-12(10-22)18-14(21-13)9-17(25-2)19(26-3)20(18)27-4/h5-9,22-23H,10H2,1-4H3. The van der Waals surface area contributed by atoms with Crippen molar-refractivity contribution in [1.29, 1.82) is 0 Å². The van der Waals surface area contributed by atoms with Gasteiger partial charge in [-0.05, 0) is 29.8 Å². The molecule has 3 rings (SSSR count). The van der Waals surface area contributed by atoms with Gasteiger partial charge in [-0.15, -0.1) is 0 Å². The van der Waals surface area contributed by atoms with Crippen LogP contribution >= 0.6 is 0 Å². The van der Waals surface area contributed by atoms with Crippen LogP contribution in [0.3, 0.4) is 0 Å². The first kappa shape index (κ1) is 18.6. The van der Waals surface area contributed by atoms with Crippen molar-refractivity contribution in [1.82, 2.24) is 4.98 Å². The number of aromatic hydroxyl groups is 1. The van der Waals surface area contributed by atoms with Crippen LogP contribution in [0.5, 0.6) is 28.7 Å². The molecule has 0 saturated carbocycles. The van der Waals surface area contributed by atoms with Crippen LogP contribution < -0.4 is 18.9 Å². The molecule has 27 heavy (non-hydrogen) atoms. The highest BCUT2D eigenvalue weighted by Gasteiger charge is 2.20. The Hall–Kier alpha value is -3.19. The smallest absolute Gasteiger partial charge is 0.204 e. The number of hydrogen-bond acceptors (Lipinski definition) is 7. The summed E-state index contributed by atoms with van der Waals surface area (Å²) in [6.07, 6.45) is 0. The molecule has 0 amide bonds. The summed E-state index contributed by atoms with van der Waals surface area (Å²) in [6, 6.07) is 8.45. The van der Waals surface area contributed by atoms with E-state index in [1.165, 1.54) is 34.5 Å². The lowest BCUT2D eigenvalue weighted by Crippen LogP contribution is -2.00. The second kappa shape index (κ2) is 7.59. The molecular weight excluding hydrogens is 350 g/mol. The lowest BCUT2D eigenvalue weighted by atomic mass is 10.0. The maximum absolute atomic E-state index is 9.94. The molecule has 1 aromatic heterocycles. The zero-order chi connectivity index (χ0) is 19.6. The van der Waals surface area contributed by atoms with Gasteiger partial charge in [0.2, 0.25) is 5.75 Å². The fourth-order valence-corrected chi connectivity index (χ4v) is 3.05. The average molecular weight is 371 g/mol. The van der Waals surface area contributed by atoms with Crippen LogP contribution in [-0.4, -0.2) is 43.6 Å². The quantitative estimate of drug-likeness (QED) is 0.688. The number of methoxy groups -OCH3 is 4. The molecule has 2 aromatic carbocycles. The van der Waals surface area contributed by atoms with Gasteiger partial charge in [-0.1, -0.05) is 0 Å². The number of aromatic nitrogens is 1. The van der Waals surface area contributed by atoms with Gasteiger partial charge in [0.25, 0.3) is 0 Å². The van der Waals surface area contributed by atoms with E-state index >= 15 is 0 Å². The molecule has 1 heterocycles. The van der Waals surface area contributed by atoms with E-state index < -0.39 is 0 Å². The van der Waals surface area contributed by atoms with Crippen LogP contribution in [0.15, 0.2) is 30.3 Å². The number of nitrogens with zero attached hydrogens (tertiary/aromatic N) is 1. The van der Waals surface area contributed by atoms with E-state index in [1.54, 1.807) is 24.3 Å². The molecule has 0 aliphatic rings. The molecule has 0 unspecified atom stereocenters. The molecule has 3 aromatic rings. The van der Waals surface area contributed by atoms with Crippen molar-refractivity contribution in [2.24, 2.45) is 0 Å². The van der Waals surface area contributed by atoms with E-state index in [4.69, 9.17) is 18.9 Å². The number of aliphatic hydroxyl groups excluding tert-OH is 1. The summed E-state index contributed by atoms with van der Waals surface area (Å²) in [7, 11) is 6.06. The van der Waals surface area contributed by atoms with Crippen molar-refractivity contribution in [3.8, 4) is 40.0 Å². The number of phenolic OH excluding ortho intramolecular Hbond substituents is 1. The number of phenols is 1. The molecule has 142 valence electrons. The highest BCUT2D eigenvalue weighted by molar-refractivity contribution is 5.94. The molecule has 0 aliphatic heterocycles. The summed E-state index contributed by atoms with van der Waals surface area (Å²) in [5, 5.41) is 20.4. The van der Waals surface area contributed by atoms with Gasteiger partial charge in [-0.2, -0.15) is 0 Å². The Labute approximate surface area is 156 Å². The van der Waals surface area contributed by atoms with E-state index in [-0.39, 0.29) is 12.4 Å². The van der Waals surface area contributed by atoms with Gasteiger partial charge in [0, 0.05) is 11.6 Å². The van der Waals surface area contributed by atoms with E-state index in [0.717, 1.165) is 5.56 Å². The molecule has 0 fully saturated rings. The van der Waals surface area contributed by atoms with Crippen molar-refractivity contribution < 1.29 is 29.2 Å². The third kappa shape index (κ3) is 3.17. The minimum atomic E-state index is -0.215. The Balaban J connectivity index is 2.32. The minimum Gasteiger partial charge on any atom is -0.504 e. The zero-order valence-corrected chi connectivity index (χ0v) is 15.6. The highest BCUT2D eigenvalue weighted by atomic mass is 16.5. The van der Waals surface area contributed by atoms with Crippen LogP contribution in [0.2, 0.25) is 0 Å². The predicted molar refractivity (Wildman–Crippen MR) is 101 cm³/mol. The number of hydrogen-bond donors (Lipinski definition) is 2. The van der Waals surface area contributed by atoms with Crippen molar-refractivity contribution in [2.75, 3.05) is 28.4 Å². The molecule has 0 spiro atoms. The maximum atomic E-state index is 9.94. The van der Waals surface area contributed by atoms with Gasteiger partial charge < -0.3 is 29.2 Å². The van der Waals surface area contributed by atoms with Crippen LogP contribution in [0.1, 0.15) is 5.56 Å². The second-order valence-electron chi connectivity index (χ2n) is 5.75. The van der Waals surface area contributed by atoms with E-state index in [2.05, 4.69) is 4.98 Å². The van der Waals surface area contributed by atoms with Gasteiger partial charge in [0.1, 0.15) is 0 Å². The Kier molecular flexibility index (Phi) is 5.23. The van der Waals surface area contributed by atoms with Crippen molar-refractivity contribution in [2.45, 2.75) is 6.61 Å². The van der Waals surface area contributed by atoms with Crippen molar-refractivity contribution in [3.05, 3.63) is 35.9 Å². The first-order valence-corrected chi connectivity index (χ1v) is 8.18.